The van der Waals surface area contributed by atoms with E-state index in [1.54, 1.807) is 40.0 Å². The number of benzene rings is 1. The van der Waals surface area contributed by atoms with Crippen molar-refractivity contribution >= 4 is 28.7 Å². The number of aromatic nitrogens is 1. The molecule has 1 aromatic carbocycles. The molecular weight excluding hydrogens is 462 g/mol. The van der Waals surface area contributed by atoms with Crippen LogP contribution >= 0.6 is 0 Å². The smallest absolute Gasteiger partial charge is 0.411 e. The highest BCUT2D eigenvalue weighted by atomic mass is 16.6. The summed E-state index contributed by atoms with van der Waals surface area (Å²) in [7, 11) is 0. The Kier molecular flexibility index (Phi) is 6.93. The van der Waals surface area contributed by atoms with Gasteiger partial charge in [-0.15, -0.1) is 6.58 Å². The summed E-state index contributed by atoms with van der Waals surface area (Å²) in [6, 6.07) is 8.70. The minimum Gasteiger partial charge on any atom is -0.472 e. The molecule has 2 amide bonds. The average molecular weight is 496 g/mol. The summed E-state index contributed by atoms with van der Waals surface area (Å²) in [5.74, 6) is -0.767. The molecular formula is C27H33N3O6. The van der Waals surface area contributed by atoms with Gasteiger partial charge in [-0.3, -0.25) is 9.69 Å². The fraction of sp³-hybridized carbons (Fsp3) is 0.481. The zero-order valence-corrected chi connectivity index (χ0v) is 21.2. The number of hydrogen-bond donors (Lipinski definition) is 1. The predicted molar refractivity (Wildman–Crippen MR) is 133 cm³/mol. The van der Waals surface area contributed by atoms with Crippen LogP contribution in [0.1, 0.15) is 40.5 Å². The lowest BCUT2D eigenvalue weighted by Crippen LogP contribution is -2.53. The zero-order chi connectivity index (χ0) is 26.1. The van der Waals surface area contributed by atoms with Crippen LogP contribution in [0.2, 0.25) is 0 Å². The van der Waals surface area contributed by atoms with Crippen LogP contribution in [0, 0.1) is 5.92 Å². The van der Waals surface area contributed by atoms with E-state index in [0.29, 0.717) is 12.3 Å². The molecule has 0 radical (unpaired) electrons. The molecule has 1 saturated heterocycles. The third kappa shape index (κ3) is 5.15. The van der Waals surface area contributed by atoms with Crippen molar-refractivity contribution in [3.63, 3.8) is 0 Å². The number of fused-ring (bicyclic) bond motifs is 1. The van der Waals surface area contributed by atoms with Gasteiger partial charge in [0.2, 0.25) is 11.8 Å². The second kappa shape index (κ2) is 9.79. The van der Waals surface area contributed by atoms with Crippen LogP contribution in [0.15, 0.2) is 49.2 Å². The van der Waals surface area contributed by atoms with Gasteiger partial charge in [-0.05, 0) is 51.6 Å². The summed E-state index contributed by atoms with van der Waals surface area (Å²) < 4.78 is 17.0. The van der Waals surface area contributed by atoms with Gasteiger partial charge in [0.25, 0.3) is 0 Å². The number of hydrogen-bond acceptors (Lipinski definition) is 7. The quantitative estimate of drug-likeness (QED) is 0.462. The van der Waals surface area contributed by atoms with Crippen molar-refractivity contribution in [1.82, 2.24) is 15.2 Å². The van der Waals surface area contributed by atoms with Crippen molar-refractivity contribution in [3.05, 3.63) is 49.2 Å². The van der Waals surface area contributed by atoms with Crippen LogP contribution in [0.3, 0.4) is 0 Å². The number of nitrogens with zero attached hydrogens (tertiary/aromatic N) is 2. The SMILES string of the molecule is C=C[C@@H]1C[C@]1(NC(=O)[C@@H]1CC(Oc2nccc3ccccc23)CN1C(=O)OC(C)(C)C)C(=O)OCC. The minimum absolute atomic E-state index is 0.134. The summed E-state index contributed by atoms with van der Waals surface area (Å²) in [6.07, 6.45) is 2.79. The summed E-state index contributed by atoms with van der Waals surface area (Å²) in [5.41, 5.74) is -1.91. The molecule has 4 atom stereocenters. The van der Waals surface area contributed by atoms with E-state index in [2.05, 4.69) is 16.9 Å². The van der Waals surface area contributed by atoms with Crippen molar-refractivity contribution in [2.45, 2.75) is 63.8 Å². The van der Waals surface area contributed by atoms with Crippen LogP contribution in [0.5, 0.6) is 5.88 Å². The first-order chi connectivity index (χ1) is 17.1. The lowest BCUT2D eigenvalue weighted by Gasteiger charge is -2.28. The van der Waals surface area contributed by atoms with Crippen molar-refractivity contribution in [2.75, 3.05) is 13.2 Å². The van der Waals surface area contributed by atoms with Crippen LogP contribution in [-0.2, 0) is 19.1 Å². The summed E-state index contributed by atoms with van der Waals surface area (Å²) in [5, 5.41) is 4.66. The van der Waals surface area contributed by atoms with E-state index in [9.17, 15) is 14.4 Å². The molecule has 1 aliphatic heterocycles. The van der Waals surface area contributed by atoms with Gasteiger partial charge in [-0.25, -0.2) is 14.6 Å². The molecule has 2 aromatic rings. The molecule has 192 valence electrons. The van der Waals surface area contributed by atoms with Crippen molar-refractivity contribution < 1.29 is 28.6 Å². The Morgan fingerprint density at radius 3 is 2.67 bits per heavy atom. The first-order valence-electron chi connectivity index (χ1n) is 12.2. The van der Waals surface area contributed by atoms with E-state index in [1.807, 2.05) is 30.3 Å². The monoisotopic (exact) mass is 495 g/mol. The Labute approximate surface area is 210 Å². The maximum atomic E-state index is 13.5. The number of carbonyl (C=O) groups excluding carboxylic acids is 3. The van der Waals surface area contributed by atoms with Crippen LogP contribution < -0.4 is 10.1 Å². The van der Waals surface area contributed by atoms with Gasteiger partial charge in [-0.1, -0.05) is 24.3 Å². The average Bonchev–Trinajstić information content (AvgIpc) is 3.37. The fourth-order valence-corrected chi connectivity index (χ4v) is 4.56. The molecule has 1 aromatic heterocycles. The molecule has 1 unspecified atom stereocenters. The molecule has 2 aliphatic rings. The normalized spacial score (nSPS) is 25.2. The number of ether oxygens (including phenoxy) is 3. The molecule has 36 heavy (non-hydrogen) atoms. The number of carbonyl (C=O) groups is 3. The number of amides is 2. The summed E-state index contributed by atoms with van der Waals surface area (Å²) in [4.78, 5) is 44.9. The summed E-state index contributed by atoms with van der Waals surface area (Å²) >= 11 is 0. The molecule has 0 bridgehead atoms. The number of esters is 1. The lowest BCUT2D eigenvalue weighted by atomic mass is 10.1. The Hall–Kier alpha value is -3.62. The van der Waals surface area contributed by atoms with E-state index in [4.69, 9.17) is 14.2 Å². The van der Waals surface area contributed by atoms with E-state index < -0.39 is 41.3 Å². The molecule has 9 heteroatoms. The Morgan fingerprint density at radius 2 is 2.00 bits per heavy atom. The van der Waals surface area contributed by atoms with Crippen LogP contribution in [0.4, 0.5) is 4.79 Å². The van der Waals surface area contributed by atoms with Gasteiger partial charge < -0.3 is 19.5 Å². The van der Waals surface area contributed by atoms with Crippen LogP contribution in [0.25, 0.3) is 10.8 Å². The highest BCUT2D eigenvalue weighted by molar-refractivity contribution is 5.95. The Bertz CT molecular complexity index is 1170. The first kappa shape index (κ1) is 25.5. The highest BCUT2D eigenvalue weighted by Crippen LogP contribution is 2.45. The molecule has 2 fully saturated rings. The van der Waals surface area contributed by atoms with Gasteiger partial charge in [0.1, 0.15) is 23.3 Å². The van der Waals surface area contributed by atoms with Gasteiger partial charge in [-0.2, -0.15) is 0 Å². The third-order valence-corrected chi connectivity index (χ3v) is 6.39. The number of rotatable bonds is 7. The minimum atomic E-state index is -1.16. The topological polar surface area (TPSA) is 107 Å². The standard InChI is InChI=1S/C27H33N3O6/c1-6-18-15-27(18,24(32)34-7-2)29-22(31)21-14-19(16-30(21)25(33)36-26(3,4)5)35-23-20-11-9-8-10-17(20)12-13-28-23/h6,8-13,18-19,21H,1,7,14-16H2,2-5H3,(H,29,31)/t18-,19?,21+,27-/m1/s1. The van der Waals surface area contributed by atoms with E-state index >= 15 is 0 Å². The van der Waals surface area contributed by atoms with E-state index in [0.717, 1.165) is 10.8 Å². The lowest BCUT2D eigenvalue weighted by molar-refractivity contribution is -0.149. The zero-order valence-electron chi connectivity index (χ0n) is 21.2. The van der Waals surface area contributed by atoms with Gasteiger partial charge >= 0.3 is 12.1 Å². The second-order valence-corrected chi connectivity index (χ2v) is 10.2. The van der Waals surface area contributed by atoms with Crippen LogP contribution in [-0.4, -0.2) is 64.3 Å². The molecule has 1 N–H and O–H groups in total. The van der Waals surface area contributed by atoms with Crippen molar-refractivity contribution in [3.8, 4) is 5.88 Å². The fourth-order valence-electron chi connectivity index (χ4n) is 4.56. The molecule has 0 spiro atoms. The third-order valence-electron chi connectivity index (χ3n) is 6.39. The predicted octanol–water partition coefficient (Wildman–Crippen LogP) is 3.62. The van der Waals surface area contributed by atoms with Crippen molar-refractivity contribution in [2.24, 2.45) is 5.92 Å². The number of likely N-dealkylation sites (tertiary alicyclic amines) is 1. The van der Waals surface area contributed by atoms with Gasteiger partial charge in [0, 0.05) is 23.9 Å². The Balaban J connectivity index is 1.57. The molecule has 1 saturated carbocycles. The number of pyridine rings is 1. The van der Waals surface area contributed by atoms with Gasteiger partial charge in [0.05, 0.1) is 13.2 Å². The Morgan fingerprint density at radius 1 is 1.25 bits per heavy atom. The molecule has 9 nitrogen and oxygen atoms in total. The van der Waals surface area contributed by atoms with E-state index in [1.165, 1.54) is 4.90 Å². The maximum absolute atomic E-state index is 13.5. The number of nitrogens with one attached hydrogen (secondary N) is 1. The first-order valence-corrected chi connectivity index (χ1v) is 12.2. The second-order valence-electron chi connectivity index (χ2n) is 10.2. The molecule has 4 rings (SSSR count). The van der Waals surface area contributed by atoms with E-state index in [-0.39, 0.29) is 25.5 Å². The maximum Gasteiger partial charge on any atom is 0.411 e. The largest absolute Gasteiger partial charge is 0.472 e. The summed E-state index contributed by atoms with van der Waals surface area (Å²) in [6.45, 7) is 11.1. The van der Waals surface area contributed by atoms with Crippen molar-refractivity contribution in [1.29, 1.82) is 0 Å². The van der Waals surface area contributed by atoms with Gasteiger partial charge in [0.15, 0.2) is 0 Å². The molecule has 2 heterocycles. The highest BCUT2D eigenvalue weighted by Gasteiger charge is 2.62. The molecule has 1 aliphatic carbocycles.